The van der Waals surface area contributed by atoms with Crippen LogP contribution in [0.25, 0.3) is 0 Å². The normalized spacial score (nSPS) is 18.4. The van der Waals surface area contributed by atoms with Crippen molar-refractivity contribution >= 4 is 17.3 Å². The molecule has 0 atom stereocenters. The topological polar surface area (TPSA) is 32.5 Å². The Hall–Kier alpha value is -0.770. The summed E-state index contributed by atoms with van der Waals surface area (Å²) in [6, 6.07) is 6.44. The molecular weight excluding hydrogens is 246 g/mol. The number of benzene rings is 1. The molecule has 1 aliphatic heterocycles. The van der Waals surface area contributed by atoms with Gasteiger partial charge >= 0.3 is 0 Å². The molecule has 1 saturated heterocycles. The summed E-state index contributed by atoms with van der Waals surface area (Å²) in [5.74, 6) is 0. The van der Waals surface area contributed by atoms with Crippen LogP contribution in [0.4, 0.5) is 5.69 Å². The minimum atomic E-state index is 0.663. The summed E-state index contributed by atoms with van der Waals surface area (Å²) in [5.41, 5.74) is 7.96. The van der Waals surface area contributed by atoms with Gasteiger partial charge in [-0.3, -0.25) is 4.90 Å². The molecule has 1 aliphatic rings. The Morgan fingerprint density at radius 2 is 2.06 bits per heavy atom. The molecule has 0 saturated carbocycles. The van der Waals surface area contributed by atoms with Gasteiger partial charge in [-0.05, 0) is 57.7 Å². The van der Waals surface area contributed by atoms with Gasteiger partial charge in [-0.2, -0.15) is 0 Å². The SMILES string of the molecule is CN1CCC(N(C)Cc2ccc(Cl)cc2N)CC1. The molecule has 0 aliphatic carbocycles. The fourth-order valence-electron chi connectivity index (χ4n) is 2.54. The van der Waals surface area contributed by atoms with E-state index in [4.69, 9.17) is 17.3 Å². The summed E-state index contributed by atoms with van der Waals surface area (Å²) < 4.78 is 0. The molecule has 18 heavy (non-hydrogen) atoms. The number of rotatable bonds is 3. The predicted octanol–water partition coefficient (Wildman–Crippen LogP) is 2.45. The molecule has 1 heterocycles. The van der Waals surface area contributed by atoms with E-state index in [0.717, 1.165) is 12.2 Å². The summed E-state index contributed by atoms with van der Waals surface area (Å²) in [4.78, 5) is 4.80. The van der Waals surface area contributed by atoms with Crippen molar-refractivity contribution < 1.29 is 0 Å². The highest BCUT2D eigenvalue weighted by atomic mass is 35.5. The first-order valence-corrected chi connectivity index (χ1v) is 6.87. The minimum Gasteiger partial charge on any atom is -0.398 e. The monoisotopic (exact) mass is 267 g/mol. The number of nitrogens with two attached hydrogens (primary N) is 1. The fraction of sp³-hybridized carbons (Fsp3) is 0.571. The van der Waals surface area contributed by atoms with Crippen LogP contribution >= 0.6 is 11.6 Å². The summed E-state index contributed by atoms with van der Waals surface area (Å²) in [6.07, 6.45) is 2.47. The smallest absolute Gasteiger partial charge is 0.0426 e. The molecule has 3 nitrogen and oxygen atoms in total. The third-order valence-electron chi connectivity index (χ3n) is 3.84. The molecule has 0 bridgehead atoms. The van der Waals surface area contributed by atoms with E-state index in [0.29, 0.717) is 11.1 Å². The van der Waals surface area contributed by atoms with Gasteiger partial charge in [0.15, 0.2) is 0 Å². The maximum absolute atomic E-state index is 6.00. The molecule has 1 aromatic rings. The summed E-state index contributed by atoms with van der Waals surface area (Å²) >= 11 is 5.92. The van der Waals surface area contributed by atoms with E-state index in [-0.39, 0.29) is 0 Å². The zero-order chi connectivity index (χ0) is 13.1. The number of hydrogen-bond donors (Lipinski definition) is 1. The third-order valence-corrected chi connectivity index (χ3v) is 4.07. The van der Waals surface area contributed by atoms with Crippen LogP contribution in [0.3, 0.4) is 0 Å². The molecule has 2 N–H and O–H groups in total. The van der Waals surface area contributed by atoms with Gasteiger partial charge in [-0.25, -0.2) is 0 Å². The first kappa shape index (κ1) is 13.7. The third kappa shape index (κ3) is 3.37. The Morgan fingerprint density at radius 3 is 2.67 bits per heavy atom. The molecule has 100 valence electrons. The molecule has 0 radical (unpaired) electrons. The first-order chi connectivity index (χ1) is 8.56. The highest BCUT2D eigenvalue weighted by molar-refractivity contribution is 6.30. The van der Waals surface area contributed by atoms with E-state index in [1.54, 1.807) is 0 Å². The zero-order valence-electron chi connectivity index (χ0n) is 11.2. The highest BCUT2D eigenvalue weighted by Gasteiger charge is 2.20. The van der Waals surface area contributed by atoms with E-state index >= 15 is 0 Å². The largest absolute Gasteiger partial charge is 0.398 e. The number of nitrogens with zero attached hydrogens (tertiary/aromatic N) is 2. The summed E-state index contributed by atoms with van der Waals surface area (Å²) in [6.45, 7) is 3.27. The summed E-state index contributed by atoms with van der Waals surface area (Å²) in [5, 5.41) is 0.707. The molecule has 0 amide bonds. The molecular formula is C14H22ClN3. The number of likely N-dealkylation sites (tertiary alicyclic amines) is 1. The van der Waals surface area contributed by atoms with Crippen molar-refractivity contribution in [2.45, 2.75) is 25.4 Å². The maximum atomic E-state index is 6.00. The first-order valence-electron chi connectivity index (χ1n) is 6.49. The van der Waals surface area contributed by atoms with Crippen molar-refractivity contribution in [2.75, 3.05) is 32.9 Å². The number of nitrogen functional groups attached to an aromatic ring is 1. The molecule has 0 unspecified atom stereocenters. The van der Waals surface area contributed by atoms with Crippen molar-refractivity contribution in [1.29, 1.82) is 0 Å². The van der Waals surface area contributed by atoms with Crippen LogP contribution in [-0.4, -0.2) is 43.0 Å². The average molecular weight is 268 g/mol. The number of hydrogen-bond acceptors (Lipinski definition) is 3. The quantitative estimate of drug-likeness (QED) is 0.854. The predicted molar refractivity (Wildman–Crippen MR) is 77.9 cm³/mol. The van der Waals surface area contributed by atoms with E-state index in [9.17, 15) is 0 Å². The van der Waals surface area contributed by atoms with Gasteiger partial charge in [0.25, 0.3) is 0 Å². The Kier molecular flexibility index (Phi) is 4.49. The van der Waals surface area contributed by atoms with Gasteiger partial charge in [0, 0.05) is 23.3 Å². The van der Waals surface area contributed by atoms with Crippen LogP contribution in [0.1, 0.15) is 18.4 Å². The lowest BCUT2D eigenvalue weighted by atomic mass is 10.0. The van der Waals surface area contributed by atoms with E-state index in [2.05, 4.69) is 23.9 Å². The molecule has 4 heteroatoms. The van der Waals surface area contributed by atoms with Crippen LogP contribution in [0, 0.1) is 0 Å². The molecule has 0 spiro atoms. The maximum Gasteiger partial charge on any atom is 0.0426 e. The Balaban J connectivity index is 1.96. The van der Waals surface area contributed by atoms with Crippen molar-refractivity contribution in [1.82, 2.24) is 9.80 Å². The second-order valence-electron chi connectivity index (χ2n) is 5.29. The van der Waals surface area contributed by atoms with Gasteiger partial charge in [0.2, 0.25) is 0 Å². The highest BCUT2D eigenvalue weighted by Crippen LogP contribution is 2.22. The van der Waals surface area contributed by atoms with E-state index < -0.39 is 0 Å². The van der Waals surface area contributed by atoms with Gasteiger partial charge < -0.3 is 10.6 Å². The van der Waals surface area contributed by atoms with E-state index in [1.807, 2.05) is 18.2 Å². The van der Waals surface area contributed by atoms with Gasteiger partial charge in [-0.1, -0.05) is 17.7 Å². The number of halogens is 1. The Morgan fingerprint density at radius 1 is 1.39 bits per heavy atom. The second kappa shape index (κ2) is 5.91. The number of anilines is 1. The lowest BCUT2D eigenvalue weighted by Crippen LogP contribution is -2.41. The van der Waals surface area contributed by atoms with Crippen LogP contribution in [0.5, 0.6) is 0 Å². The summed E-state index contributed by atoms with van der Waals surface area (Å²) in [7, 11) is 4.37. The van der Waals surface area contributed by atoms with Crippen LogP contribution in [0.15, 0.2) is 18.2 Å². The van der Waals surface area contributed by atoms with Crippen molar-refractivity contribution in [3.63, 3.8) is 0 Å². The van der Waals surface area contributed by atoms with Gasteiger partial charge in [0.05, 0.1) is 0 Å². The van der Waals surface area contributed by atoms with Gasteiger partial charge in [0.1, 0.15) is 0 Å². The zero-order valence-corrected chi connectivity index (χ0v) is 12.0. The van der Waals surface area contributed by atoms with Crippen molar-refractivity contribution in [3.8, 4) is 0 Å². The molecule has 2 rings (SSSR count). The second-order valence-corrected chi connectivity index (χ2v) is 5.73. The van der Waals surface area contributed by atoms with E-state index in [1.165, 1.54) is 31.5 Å². The average Bonchev–Trinajstić information content (AvgIpc) is 2.33. The standard InChI is InChI=1S/C14H22ClN3/c1-17-7-5-13(6-8-17)18(2)10-11-3-4-12(15)9-14(11)16/h3-4,9,13H,5-8,10,16H2,1-2H3. The van der Waals surface area contributed by atoms with Crippen molar-refractivity contribution in [2.24, 2.45) is 0 Å². The number of piperidine rings is 1. The molecule has 1 fully saturated rings. The molecule has 1 aromatic carbocycles. The minimum absolute atomic E-state index is 0.663. The molecule has 0 aromatic heterocycles. The van der Waals surface area contributed by atoms with Gasteiger partial charge in [-0.15, -0.1) is 0 Å². The Bertz CT molecular complexity index is 400. The lowest BCUT2D eigenvalue weighted by Gasteiger charge is -2.35. The van der Waals surface area contributed by atoms with Crippen molar-refractivity contribution in [3.05, 3.63) is 28.8 Å². The lowest BCUT2D eigenvalue weighted by molar-refractivity contribution is 0.139. The van der Waals surface area contributed by atoms with Crippen LogP contribution < -0.4 is 5.73 Å². The van der Waals surface area contributed by atoms with Crippen LogP contribution in [-0.2, 0) is 6.54 Å². The fourth-order valence-corrected chi connectivity index (χ4v) is 2.72. The van der Waals surface area contributed by atoms with Crippen LogP contribution in [0.2, 0.25) is 5.02 Å². The Labute approximate surface area is 115 Å².